The topological polar surface area (TPSA) is 88.3 Å². The van der Waals surface area contributed by atoms with Gasteiger partial charge in [0.05, 0.1) is 12.6 Å². The Bertz CT molecular complexity index is 956. The zero-order chi connectivity index (χ0) is 19.3. The van der Waals surface area contributed by atoms with Crippen LogP contribution in [0.15, 0.2) is 65.4 Å². The molecule has 3 heterocycles. The molecule has 28 heavy (non-hydrogen) atoms. The summed E-state index contributed by atoms with van der Waals surface area (Å²) in [6.07, 6.45) is 5.31. The number of hydrogen-bond acceptors (Lipinski definition) is 5. The molecule has 1 aromatic carbocycles. The van der Waals surface area contributed by atoms with Gasteiger partial charge in [-0.2, -0.15) is 0 Å². The SMILES string of the molecule is O=C(NCC(=O)N1CCC[C@H]1c1ccncc1)c1cc(-c2ccccc2)on1. The largest absolute Gasteiger partial charge is 0.355 e. The van der Waals surface area contributed by atoms with Gasteiger partial charge in [0.15, 0.2) is 11.5 Å². The van der Waals surface area contributed by atoms with Gasteiger partial charge in [-0.15, -0.1) is 0 Å². The predicted molar refractivity (Wildman–Crippen MR) is 102 cm³/mol. The lowest BCUT2D eigenvalue weighted by atomic mass is 10.1. The number of hydrogen-bond donors (Lipinski definition) is 1. The normalized spacial score (nSPS) is 16.1. The second-order valence-electron chi connectivity index (χ2n) is 6.65. The first-order valence-corrected chi connectivity index (χ1v) is 9.22. The van der Waals surface area contributed by atoms with Crippen LogP contribution in [0.4, 0.5) is 0 Å². The van der Waals surface area contributed by atoms with E-state index in [1.807, 2.05) is 47.4 Å². The van der Waals surface area contributed by atoms with E-state index in [1.165, 1.54) is 0 Å². The Labute approximate surface area is 162 Å². The quantitative estimate of drug-likeness (QED) is 0.740. The minimum absolute atomic E-state index is 0.0316. The maximum absolute atomic E-state index is 12.6. The van der Waals surface area contributed by atoms with Gasteiger partial charge >= 0.3 is 0 Å². The summed E-state index contributed by atoms with van der Waals surface area (Å²) in [7, 11) is 0. The number of rotatable bonds is 5. The minimum atomic E-state index is -0.432. The van der Waals surface area contributed by atoms with E-state index in [0.717, 1.165) is 24.0 Å². The molecule has 7 nitrogen and oxygen atoms in total. The molecule has 1 aliphatic heterocycles. The summed E-state index contributed by atoms with van der Waals surface area (Å²) in [5.41, 5.74) is 2.05. The maximum atomic E-state index is 12.6. The molecule has 1 saturated heterocycles. The third-order valence-corrected chi connectivity index (χ3v) is 4.87. The highest BCUT2D eigenvalue weighted by Crippen LogP contribution is 2.31. The van der Waals surface area contributed by atoms with Gasteiger partial charge in [-0.3, -0.25) is 14.6 Å². The Kier molecular flexibility index (Phi) is 5.14. The monoisotopic (exact) mass is 376 g/mol. The average Bonchev–Trinajstić information content (AvgIpc) is 3.43. The molecule has 142 valence electrons. The average molecular weight is 376 g/mol. The van der Waals surface area contributed by atoms with E-state index in [-0.39, 0.29) is 24.2 Å². The fourth-order valence-electron chi connectivity index (χ4n) is 3.47. The lowest BCUT2D eigenvalue weighted by molar-refractivity contribution is -0.131. The van der Waals surface area contributed by atoms with Crippen LogP contribution in [0.25, 0.3) is 11.3 Å². The first-order chi connectivity index (χ1) is 13.7. The van der Waals surface area contributed by atoms with Crippen molar-refractivity contribution in [3.8, 4) is 11.3 Å². The number of pyridine rings is 1. The van der Waals surface area contributed by atoms with Crippen molar-refractivity contribution in [2.45, 2.75) is 18.9 Å². The van der Waals surface area contributed by atoms with Crippen LogP contribution in [0.3, 0.4) is 0 Å². The van der Waals surface area contributed by atoms with Gasteiger partial charge in [-0.05, 0) is 30.5 Å². The summed E-state index contributed by atoms with van der Waals surface area (Å²) in [5.74, 6) is -0.0345. The fourth-order valence-corrected chi connectivity index (χ4v) is 3.47. The van der Waals surface area contributed by atoms with E-state index in [2.05, 4.69) is 15.5 Å². The van der Waals surface area contributed by atoms with Gasteiger partial charge in [0.25, 0.3) is 5.91 Å². The second kappa shape index (κ2) is 8.04. The van der Waals surface area contributed by atoms with Crippen molar-refractivity contribution in [1.82, 2.24) is 20.4 Å². The van der Waals surface area contributed by atoms with Crippen molar-refractivity contribution in [3.05, 3.63) is 72.2 Å². The smallest absolute Gasteiger partial charge is 0.273 e. The number of carbonyl (C=O) groups is 2. The highest BCUT2D eigenvalue weighted by molar-refractivity contribution is 5.95. The first-order valence-electron chi connectivity index (χ1n) is 9.22. The molecule has 1 aliphatic rings. The molecule has 1 atom stereocenters. The van der Waals surface area contributed by atoms with Crippen molar-refractivity contribution >= 4 is 11.8 Å². The van der Waals surface area contributed by atoms with Crippen molar-refractivity contribution in [3.63, 3.8) is 0 Å². The van der Waals surface area contributed by atoms with E-state index in [0.29, 0.717) is 12.3 Å². The summed E-state index contributed by atoms with van der Waals surface area (Å²) in [6, 6.07) is 14.9. The van der Waals surface area contributed by atoms with Gasteiger partial charge in [0.2, 0.25) is 5.91 Å². The van der Waals surface area contributed by atoms with Crippen molar-refractivity contribution in [1.29, 1.82) is 0 Å². The van der Waals surface area contributed by atoms with E-state index < -0.39 is 5.91 Å². The number of benzene rings is 1. The number of nitrogens with zero attached hydrogens (tertiary/aromatic N) is 3. The molecular formula is C21H20N4O3. The van der Waals surface area contributed by atoms with E-state index in [9.17, 15) is 9.59 Å². The molecule has 0 saturated carbocycles. The molecule has 3 aromatic rings. The molecule has 0 unspecified atom stereocenters. The maximum Gasteiger partial charge on any atom is 0.273 e. The highest BCUT2D eigenvalue weighted by Gasteiger charge is 2.30. The van der Waals surface area contributed by atoms with Gasteiger partial charge in [0, 0.05) is 30.6 Å². The Morgan fingerprint density at radius 3 is 2.71 bits per heavy atom. The van der Waals surface area contributed by atoms with Crippen LogP contribution in [0, 0.1) is 0 Å². The predicted octanol–water partition coefficient (Wildman–Crippen LogP) is 2.83. The lowest BCUT2D eigenvalue weighted by Crippen LogP contribution is -2.39. The summed E-state index contributed by atoms with van der Waals surface area (Å²) < 4.78 is 5.24. The Hall–Kier alpha value is -3.48. The minimum Gasteiger partial charge on any atom is -0.355 e. The van der Waals surface area contributed by atoms with Crippen LogP contribution in [-0.4, -0.2) is 39.9 Å². The summed E-state index contributed by atoms with van der Waals surface area (Å²) in [6.45, 7) is 0.609. The zero-order valence-electron chi connectivity index (χ0n) is 15.2. The van der Waals surface area contributed by atoms with Crippen molar-refractivity contribution in [2.75, 3.05) is 13.1 Å². The van der Waals surface area contributed by atoms with Gasteiger partial charge in [-0.25, -0.2) is 0 Å². The summed E-state index contributed by atoms with van der Waals surface area (Å²) in [4.78, 5) is 30.8. The molecule has 0 spiro atoms. The summed E-state index contributed by atoms with van der Waals surface area (Å²) >= 11 is 0. The second-order valence-corrected chi connectivity index (χ2v) is 6.65. The van der Waals surface area contributed by atoms with Gasteiger partial charge in [0.1, 0.15) is 0 Å². The van der Waals surface area contributed by atoms with Crippen LogP contribution < -0.4 is 5.32 Å². The van der Waals surface area contributed by atoms with Crippen LogP contribution in [0.5, 0.6) is 0 Å². The van der Waals surface area contributed by atoms with Crippen LogP contribution in [-0.2, 0) is 4.79 Å². The Balaban J connectivity index is 1.37. The molecule has 0 bridgehead atoms. The van der Waals surface area contributed by atoms with E-state index >= 15 is 0 Å². The molecule has 2 amide bonds. The van der Waals surface area contributed by atoms with Crippen molar-refractivity contribution < 1.29 is 14.1 Å². The van der Waals surface area contributed by atoms with Crippen molar-refractivity contribution in [2.24, 2.45) is 0 Å². The molecular weight excluding hydrogens is 356 g/mol. The number of amides is 2. The number of nitrogens with one attached hydrogen (secondary N) is 1. The molecule has 0 radical (unpaired) electrons. The standard InChI is InChI=1S/C21H20N4O3/c26-20(25-12-4-7-18(25)15-8-10-22-11-9-15)14-23-21(27)17-13-19(28-24-17)16-5-2-1-3-6-16/h1-3,5-6,8-11,13,18H,4,7,12,14H2,(H,23,27)/t18-/m0/s1. The summed E-state index contributed by atoms with van der Waals surface area (Å²) in [5, 5.41) is 6.46. The Morgan fingerprint density at radius 1 is 1.14 bits per heavy atom. The zero-order valence-corrected chi connectivity index (χ0v) is 15.2. The number of carbonyl (C=O) groups excluding carboxylic acids is 2. The molecule has 7 heteroatoms. The Morgan fingerprint density at radius 2 is 1.93 bits per heavy atom. The van der Waals surface area contributed by atoms with E-state index in [1.54, 1.807) is 18.5 Å². The van der Waals surface area contributed by atoms with Crippen LogP contribution in [0.1, 0.15) is 34.9 Å². The number of aromatic nitrogens is 2. The molecule has 2 aromatic heterocycles. The van der Waals surface area contributed by atoms with E-state index in [4.69, 9.17) is 4.52 Å². The fraction of sp³-hybridized carbons (Fsp3) is 0.238. The molecule has 1 N–H and O–H groups in total. The molecule has 4 rings (SSSR count). The number of likely N-dealkylation sites (tertiary alicyclic amines) is 1. The van der Waals surface area contributed by atoms with Gasteiger partial charge in [-0.1, -0.05) is 35.5 Å². The third kappa shape index (κ3) is 3.78. The van der Waals surface area contributed by atoms with Crippen LogP contribution in [0.2, 0.25) is 0 Å². The van der Waals surface area contributed by atoms with Crippen LogP contribution >= 0.6 is 0 Å². The highest BCUT2D eigenvalue weighted by atomic mass is 16.5. The third-order valence-electron chi connectivity index (χ3n) is 4.87. The molecule has 1 fully saturated rings. The van der Waals surface area contributed by atoms with Gasteiger partial charge < -0.3 is 14.7 Å². The first kappa shape index (κ1) is 17.9. The molecule has 0 aliphatic carbocycles. The lowest BCUT2D eigenvalue weighted by Gasteiger charge is -2.25.